The van der Waals surface area contributed by atoms with Gasteiger partial charge in [0.05, 0.1) is 11.5 Å². The van der Waals surface area contributed by atoms with E-state index < -0.39 is 4.92 Å². The summed E-state index contributed by atoms with van der Waals surface area (Å²) in [6, 6.07) is 11.3. The molecule has 0 spiro atoms. The summed E-state index contributed by atoms with van der Waals surface area (Å²) >= 11 is 11.6. The van der Waals surface area contributed by atoms with Crippen molar-refractivity contribution in [2.75, 3.05) is 20.2 Å². The molecule has 0 heterocycles. The minimum atomic E-state index is -0.568. The van der Waals surface area contributed by atoms with Gasteiger partial charge in [-0.25, -0.2) is 0 Å². The molecular weight excluding hydrogens is 379 g/mol. The third-order valence-electron chi connectivity index (χ3n) is 3.47. The van der Waals surface area contributed by atoms with Crippen molar-refractivity contribution in [3.63, 3.8) is 0 Å². The van der Waals surface area contributed by atoms with E-state index in [1.807, 2.05) is 0 Å². The van der Waals surface area contributed by atoms with E-state index >= 15 is 0 Å². The lowest BCUT2D eigenvalue weighted by Gasteiger charge is -2.15. The number of nitro groups is 1. The number of carbonyl (C=O) groups is 1. The van der Waals surface area contributed by atoms with Crippen LogP contribution in [0, 0.1) is 10.1 Å². The van der Waals surface area contributed by atoms with E-state index in [1.165, 1.54) is 29.2 Å². The average Bonchev–Trinajstić information content (AvgIpc) is 2.62. The van der Waals surface area contributed by atoms with Crippen LogP contribution in [0.3, 0.4) is 0 Å². The molecule has 0 aliphatic heterocycles. The van der Waals surface area contributed by atoms with Crippen molar-refractivity contribution in [3.8, 4) is 5.75 Å². The Hall–Kier alpha value is -2.57. The second-order valence-electron chi connectivity index (χ2n) is 5.36. The highest BCUT2D eigenvalue weighted by Gasteiger charge is 2.12. The SMILES string of the molecule is CN(CCOc1ccc(Cl)cc1)C(=O)/C=C/c1ccc(Cl)c([N+](=O)[O-])c1. The molecule has 0 atom stereocenters. The first-order valence-electron chi connectivity index (χ1n) is 7.62. The van der Waals surface area contributed by atoms with Gasteiger partial charge in [0.1, 0.15) is 17.4 Å². The summed E-state index contributed by atoms with van der Waals surface area (Å²) in [5.74, 6) is 0.418. The average molecular weight is 395 g/mol. The van der Waals surface area contributed by atoms with E-state index in [2.05, 4.69) is 0 Å². The molecule has 1 amide bonds. The number of rotatable bonds is 7. The summed E-state index contributed by atoms with van der Waals surface area (Å²) in [5.41, 5.74) is 0.311. The largest absolute Gasteiger partial charge is 0.492 e. The Balaban J connectivity index is 1.88. The predicted octanol–water partition coefficient (Wildman–Crippen LogP) is 4.45. The minimum absolute atomic E-state index is 0.0509. The summed E-state index contributed by atoms with van der Waals surface area (Å²) in [6.45, 7) is 0.705. The molecule has 0 saturated heterocycles. The molecule has 6 nitrogen and oxygen atoms in total. The molecular formula is C18H16Cl2N2O4. The number of amides is 1. The molecule has 2 aromatic carbocycles. The maximum atomic E-state index is 12.1. The monoisotopic (exact) mass is 394 g/mol. The number of hydrogen-bond acceptors (Lipinski definition) is 4. The molecule has 2 aromatic rings. The molecule has 0 N–H and O–H groups in total. The van der Waals surface area contributed by atoms with Crippen LogP contribution in [0.4, 0.5) is 5.69 Å². The molecule has 136 valence electrons. The summed E-state index contributed by atoms with van der Waals surface area (Å²) in [4.78, 5) is 23.9. The lowest BCUT2D eigenvalue weighted by molar-refractivity contribution is -0.384. The molecule has 26 heavy (non-hydrogen) atoms. The van der Waals surface area contributed by atoms with Crippen molar-refractivity contribution in [2.24, 2.45) is 0 Å². The standard InChI is InChI=1S/C18H16Cl2N2O4/c1-21(10-11-26-15-6-4-14(19)5-7-15)18(23)9-3-13-2-8-16(20)17(12-13)22(24)25/h2-9,12H,10-11H2,1H3/b9-3+. The topological polar surface area (TPSA) is 72.7 Å². The number of nitro benzene ring substituents is 1. The first-order valence-corrected chi connectivity index (χ1v) is 8.38. The molecule has 0 aromatic heterocycles. The van der Waals surface area contributed by atoms with E-state index in [0.29, 0.717) is 29.5 Å². The molecule has 8 heteroatoms. The van der Waals surface area contributed by atoms with Gasteiger partial charge in [-0.2, -0.15) is 0 Å². The Bertz CT molecular complexity index is 822. The van der Waals surface area contributed by atoms with Gasteiger partial charge < -0.3 is 9.64 Å². The van der Waals surface area contributed by atoms with Crippen molar-refractivity contribution in [1.82, 2.24) is 4.90 Å². The molecule has 0 unspecified atom stereocenters. The van der Waals surface area contributed by atoms with E-state index in [-0.39, 0.29) is 16.6 Å². The maximum absolute atomic E-state index is 12.1. The Morgan fingerprint density at radius 1 is 1.23 bits per heavy atom. The molecule has 0 radical (unpaired) electrons. The number of carbonyl (C=O) groups excluding carboxylic acids is 1. The highest BCUT2D eigenvalue weighted by molar-refractivity contribution is 6.32. The van der Waals surface area contributed by atoms with Gasteiger partial charge in [0.25, 0.3) is 5.69 Å². The quantitative estimate of drug-likeness (QED) is 0.394. The summed E-state index contributed by atoms with van der Waals surface area (Å²) in [5, 5.41) is 11.5. The second kappa shape index (κ2) is 9.22. The van der Waals surface area contributed by atoms with E-state index in [1.54, 1.807) is 37.4 Å². The molecule has 0 bridgehead atoms. The fourth-order valence-electron chi connectivity index (χ4n) is 2.01. The minimum Gasteiger partial charge on any atom is -0.492 e. The fourth-order valence-corrected chi connectivity index (χ4v) is 2.32. The molecule has 0 aliphatic rings. The Morgan fingerprint density at radius 2 is 1.92 bits per heavy atom. The molecule has 0 fully saturated rings. The van der Waals surface area contributed by atoms with Gasteiger partial charge in [-0.05, 0) is 42.0 Å². The van der Waals surface area contributed by atoms with Crippen molar-refractivity contribution in [1.29, 1.82) is 0 Å². The Kier molecular flexibility index (Phi) is 7.00. The zero-order chi connectivity index (χ0) is 19.1. The number of hydrogen-bond donors (Lipinski definition) is 0. The van der Waals surface area contributed by atoms with Gasteiger partial charge in [0.15, 0.2) is 0 Å². The first-order chi connectivity index (χ1) is 12.4. The second-order valence-corrected chi connectivity index (χ2v) is 6.21. The third kappa shape index (κ3) is 5.75. The normalized spacial score (nSPS) is 10.7. The molecule has 0 aliphatic carbocycles. The van der Waals surface area contributed by atoms with E-state index in [4.69, 9.17) is 27.9 Å². The van der Waals surface area contributed by atoms with Crippen LogP contribution in [-0.2, 0) is 4.79 Å². The van der Waals surface area contributed by atoms with Crippen LogP contribution >= 0.6 is 23.2 Å². The highest BCUT2D eigenvalue weighted by atomic mass is 35.5. The zero-order valence-corrected chi connectivity index (χ0v) is 15.4. The fraction of sp³-hybridized carbons (Fsp3) is 0.167. The predicted molar refractivity (Wildman–Crippen MR) is 102 cm³/mol. The van der Waals surface area contributed by atoms with Gasteiger partial charge in [-0.1, -0.05) is 29.3 Å². The number of ether oxygens (including phenoxy) is 1. The van der Waals surface area contributed by atoms with Crippen molar-refractivity contribution >= 4 is 40.9 Å². The van der Waals surface area contributed by atoms with E-state index in [9.17, 15) is 14.9 Å². The zero-order valence-electron chi connectivity index (χ0n) is 13.9. The van der Waals surface area contributed by atoms with Crippen LogP contribution in [0.1, 0.15) is 5.56 Å². The summed E-state index contributed by atoms with van der Waals surface area (Å²) in [6.07, 6.45) is 2.84. The lowest BCUT2D eigenvalue weighted by atomic mass is 10.2. The Morgan fingerprint density at radius 3 is 2.58 bits per heavy atom. The van der Waals surface area contributed by atoms with Gasteiger partial charge in [-0.15, -0.1) is 0 Å². The first kappa shape index (κ1) is 19.8. The smallest absolute Gasteiger partial charge is 0.288 e. The number of halogens is 2. The van der Waals surface area contributed by atoms with Crippen LogP contribution in [0.2, 0.25) is 10.0 Å². The summed E-state index contributed by atoms with van der Waals surface area (Å²) < 4.78 is 5.53. The van der Waals surface area contributed by atoms with Crippen LogP contribution in [0.25, 0.3) is 6.08 Å². The lowest BCUT2D eigenvalue weighted by Crippen LogP contribution is -2.29. The highest BCUT2D eigenvalue weighted by Crippen LogP contribution is 2.25. The van der Waals surface area contributed by atoms with Gasteiger partial charge in [0, 0.05) is 24.2 Å². The van der Waals surface area contributed by atoms with Crippen LogP contribution in [-0.4, -0.2) is 35.9 Å². The van der Waals surface area contributed by atoms with Gasteiger partial charge >= 0.3 is 0 Å². The van der Waals surface area contributed by atoms with Crippen molar-refractivity contribution in [2.45, 2.75) is 0 Å². The molecule has 2 rings (SSSR count). The van der Waals surface area contributed by atoms with Crippen molar-refractivity contribution < 1.29 is 14.5 Å². The number of benzene rings is 2. The van der Waals surface area contributed by atoms with Gasteiger partial charge in [-0.3, -0.25) is 14.9 Å². The third-order valence-corrected chi connectivity index (χ3v) is 4.04. The van der Waals surface area contributed by atoms with Gasteiger partial charge in [0.2, 0.25) is 5.91 Å². The van der Waals surface area contributed by atoms with Crippen LogP contribution in [0.5, 0.6) is 5.75 Å². The van der Waals surface area contributed by atoms with Crippen molar-refractivity contribution in [3.05, 3.63) is 74.3 Å². The van der Waals surface area contributed by atoms with Crippen LogP contribution < -0.4 is 4.74 Å². The Labute approximate surface area is 160 Å². The maximum Gasteiger partial charge on any atom is 0.288 e. The number of nitrogens with zero attached hydrogens (tertiary/aromatic N) is 2. The van der Waals surface area contributed by atoms with E-state index in [0.717, 1.165) is 0 Å². The summed E-state index contributed by atoms with van der Waals surface area (Å²) in [7, 11) is 1.64. The molecule has 0 saturated carbocycles. The van der Waals surface area contributed by atoms with Crippen LogP contribution in [0.15, 0.2) is 48.5 Å². The number of likely N-dealkylation sites (N-methyl/N-ethyl adjacent to an activating group) is 1.